The van der Waals surface area contributed by atoms with Gasteiger partial charge in [0.1, 0.15) is 5.65 Å². The van der Waals surface area contributed by atoms with E-state index in [1.54, 1.807) is 20.0 Å². The molecular formula is C19H23N3O2S. The van der Waals surface area contributed by atoms with Crippen molar-refractivity contribution in [2.75, 3.05) is 6.54 Å². The predicted molar refractivity (Wildman–Crippen MR) is 102 cm³/mol. The highest BCUT2D eigenvalue weighted by atomic mass is 32.2. The van der Waals surface area contributed by atoms with Gasteiger partial charge in [-0.15, -0.1) is 0 Å². The topological polar surface area (TPSA) is 64.0 Å². The Morgan fingerprint density at radius 1 is 1.08 bits per heavy atom. The molecule has 25 heavy (non-hydrogen) atoms. The molecular weight excluding hydrogens is 334 g/mol. The van der Waals surface area contributed by atoms with Gasteiger partial charge in [0.2, 0.25) is 10.0 Å². The summed E-state index contributed by atoms with van der Waals surface area (Å²) in [5, 5.41) is 0.680. The minimum absolute atomic E-state index is 0.0992. The SMILES string of the molecule is CC(CNS(=O)(=O)C(C)C)c1ccc(-n2ccc3cccnc32)cc1. The molecule has 1 aromatic carbocycles. The zero-order valence-corrected chi connectivity index (χ0v) is 15.5. The molecule has 5 nitrogen and oxygen atoms in total. The van der Waals surface area contributed by atoms with E-state index >= 15 is 0 Å². The largest absolute Gasteiger partial charge is 0.301 e. The van der Waals surface area contributed by atoms with Crippen molar-refractivity contribution < 1.29 is 8.42 Å². The number of hydrogen-bond acceptors (Lipinski definition) is 3. The Labute approximate surface area is 148 Å². The molecule has 0 aliphatic carbocycles. The van der Waals surface area contributed by atoms with Gasteiger partial charge >= 0.3 is 0 Å². The van der Waals surface area contributed by atoms with E-state index in [4.69, 9.17) is 0 Å². The van der Waals surface area contributed by atoms with Gasteiger partial charge in [0.15, 0.2) is 0 Å². The van der Waals surface area contributed by atoms with Crippen molar-refractivity contribution in [2.45, 2.75) is 31.9 Å². The lowest BCUT2D eigenvalue weighted by molar-refractivity contribution is 0.566. The summed E-state index contributed by atoms with van der Waals surface area (Å²) < 4.78 is 28.5. The summed E-state index contributed by atoms with van der Waals surface area (Å²) in [5.74, 6) is 0.0992. The van der Waals surface area contributed by atoms with Crippen LogP contribution in [0.3, 0.4) is 0 Å². The molecule has 0 saturated carbocycles. The fourth-order valence-electron chi connectivity index (χ4n) is 2.66. The van der Waals surface area contributed by atoms with Gasteiger partial charge < -0.3 is 4.57 Å². The maximum Gasteiger partial charge on any atom is 0.213 e. The Morgan fingerprint density at radius 2 is 1.80 bits per heavy atom. The summed E-state index contributed by atoms with van der Waals surface area (Å²) in [6.45, 7) is 5.77. The monoisotopic (exact) mass is 357 g/mol. The molecule has 1 unspecified atom stereocenters. The van der Waals surface area contributed by atoms with E-state index in [1.165, 1.54) is 0 Å². The minimum atomic E-state index is -3.23. The molecule has 3 aromatic rings. The van der Waals surface area contributed by atoms with E-state index in [2.05, 4.69) is 9.71 Å². The molecule has 0 aliphatic heterocycles. The quantitative estimate of drug-likeness (QED) is 0.735. The normalized spacial score (nSPS) is 13.4. The number of hydrogen-bond donors (Lipinski definition) is 1. The van der Waals surface area contributed by atoms with Crippen LogP contribution in [0, 0.1) is 0 Å². The third kappa shape index (κ3) is 3.75. The third-order valence-electron chi connectivity index (χ3n) is 4.40. The van der Waals surface area contributed by atoms with Crippen molar-refractivity contribution in [1.82, 2.24) is 14.3 Å². The van der Waals surface area contributed by atoms with Crippen LogP contribution >= 0.6 is 0 Å². The van der Waals surface area contributed by atoms with E-state index in [0.29, 0.717) is 6.54 Å². The first-order valence-electron chi connectivity index (χ1n) is 8.39. The van der Waals surface area contributed by atoms with Crippen molar-refractivity contribution >= 4 is 21.1 Å². The number of nitrogens with zero attached hydrogens (tertiary/aromatic N) is 2. The number of fused-ring (bicyclic) bond motifs is 1. The van der Waals surface area contributed by atoms with Crippen molar-refractivity contribution in [3.63, 3.8) is 0 Å². The Morgan fingerprint density at radius 3 is 2.48 bits per heavy atom. The molecule has 2 aromatic heterocycles. The number of rotatable bonds is 6. The lowest BCUT2D eigenvalue weighted by atomic mass is 10.0. The molecule has 0 radical (unpaired) electrons. The highest BCUT2D eigenvalue weighted by molar-refractivity contribution is 7.90. The minimum Gasteiger partial charge on any atom is -0.301 e. The first-order chi connectivity index (χ1) is 11.9. The fourth-order valence-corrected chi connectivity index (χ4v) is 3.48. The summed E-state index contributed by atoms with van der Waals surface area (Å²) in [4.78, 5) is 4.43. The van der Waals surface area contributed by atoms with Gasteiger partial charge in [0.05, 0.1) is 5.25 Å². The van der Waals surface area contributed by atoms with E-state index in [-0.39, 0.29) is 5.92 Å². The van der Waals surface area contributed by atoms with Crippen molar-refractivity contribution in [3.05, 3.63) is 60.4 Å². The lowest BCUT2D eigenvalue weighted by Crippen LogP contribution is -2.33. The van der Waals surface area contributed by atoms with Gasteiger partial charge in [-0.3, -0.25) is 0 Å². The van der Waals surface area contributed by atoms with Crippen LogP contribution in [0.4, 0.5) is 0 Å². The average molecular weight is 357 g/mol. The molecule has 1 atom stereocenters. The zero-order chi connectivity index (χ0) is 18.0. The molecule has 2 heterocycles. The van der Waals surface area contributed by atoms with Crippen molar-refractivity contribution in [2.24, 2.45) is 0 Å². The van der Waals surface area contributed by atoms with Gasteiger partial charge in [0, 0.05) is 30.0 Å². The van der Waals surface area contributed by atoms with Crippen LogP contribution < -0.4 is 4.72 Å². The van der Waals surface area contributed by atoms with E-state index in [9.17, 15) is 8.42 Å². The maximum atomic E-state index is 11.9. The average Bonchev–Trinajstić information content (AvgIpc) is 3.04. The molecule has 0 fully saturated rings. The number of aromatic nitrogens is 2. The molecule has 0 saturated heterocycles. The van der Waals surface area contributed by atoms with Crippen molar-refractivity contribution in [1.29, 1.82) is 0 Å². The smallest absolute Gasteiger partial charge is 0.213 e. The standard InChI is InChI=1S/C19H23N3O2S/c1-14(2)25(23,24)21-13-15(3)16-6-8-18(9-7-16)22-12-10-17-5-4-11-20-19(17)22/h4-12,14-15,21H,13H2,1-3H3. The first kappa shape index (κ1) is 17.6. The van der Waals surface area contributed by atoms with E-state index in [0.717, 1.165) is 22.3 Å². The van der Waals surface area contributed by atoms with Crippen molar-refractivity contribution in [3.8, 4) is 5.69 Å². The highest BCUT2D eigenvalue weighted by Crippen LogP contribution is 2.21. The summed E-state index contributed by atoms with van der Waals surface area (Å²) in [6.07, 6.45) is 3.79. The van der Waals surface area contributed by atoms with Gasteiger partial charge in [-0.2, -0.15) is 0 Å². The zero-order valence-electron chi connectivity index (χ0n) is 14.7. The molecule has 0 bridgehead atoms. The second-order valence-electron chi connectivity index (χ2n) is 6.54. The number of nitrogens with one attached hydrogen (secondary N) is 1. The number of pyridine rings is 1. The molecule has 0 aliphatic rings. The fraction of sp³-hybridized carbons (Fsp3) is 0.316. The van der Waals surface area contributed by atoms with Crippen LogP contribution in [-0.4, -0.2) is 29.8 Å². The van der Waals surface area contributed by atoms with Crippen LogP contribution in [-0.2, 0) is 10.0 Å². The second-order valence-corrected chi connectivity index (χ2v) is 8.86. The first-order valence-corrected chi connectivity index (χ1v) is 9.94. The highest BCUT2D eigenvalue weighted by Gasteiger charge is 2.17. The summed E-state index contributed by atoms with van der Waals surface area (Å²) in [7, 11) is -3.23. The molecule has 6 heteroatoms. The summed E-state index contributed by atoms with van der Waals surface area (Å²) >= 11 is 0. The van der Waals surface area contributed by atoms with Gasteiger partial charge in [0.25, 0.3) is 0 Å². The number of sulfonamides is 1. The maximum absolute atomic E-state index is 11.9. The second kappa shape index (κ2) is 6.98. The molecule has 3 rings (SSSR count). The summed E-state index contributed by atoms with van der Waals surface area (Å²) in [5.41, 5.74) is 3.06. The Kier molecular flexibility index (Phi) is 4.92. The van der Waals surface area contributed by atoms with E-state index in [1.807, 2.05) is 60.2 Å². The third-order valence-corrected chi connectivity index (χ3v) is 6.21. The lowest BCUT2D eigenvalue weighted by Gasteiger charge is -2.15. The molecule has 132 valence electrons. The van der Waals surface area contributed by atoms with Crippen LogP contribution in [0.5, 0.6) is 0 Å². The predicted octanol–water partition coefficient (Wildman–Crippen LogP) is 3.46. The van der Waals surface area contributed by atoms with Crippen LogP contribution in [0.15, 0.2) is 54.9 Å². The van der Waals surface area contributed by atoms with Crippen LogP contribution in [0.1, 0.15) is 32.3 Å². The summed E-state index contributed by atoms with van der Waals surface area (Å²) in [6, 6.07) is 14.2. The van der Waals surface area contributed by atoms with Gasteiger partial charge in [-0.05, 0) is 55.7 Å². The van der Waals surface area contributed by atoms with Gasteiger partial charge in [-0.25, -0.2) is 18.1 Å². The Balaban J connectivity index is 1.76. The van der Waals surface area contributed by atoms with Gasteiger partial charge in [-0.1, -0.05) is 19.1 Å². The van der Waals surface area contributed by atoms with Crippen LogP contribution in [0.2, 0.25) is 0 Å². The Bertz CT molecular complexity index is 960. The Hall–Kier alpha value is -2.18. The molecule has 0 spiro atoms. The molecule has 0 amide bonds. The van der Waals surface area contributed by atoms with E-state index < -0.39 is 15.3 Å². The molecule has 1 N–H and O–H groups in total. The van der Waals surface area contributed by atoms with Crippen LogP contribution in [0.25, 0.3) is 16.7 Å². The number of benzene rings is 1.